The molecule has 0 aliphatic rings. The van der Waals surface area contributed by atoms with E-state index in [4.69, 9.17) is 0 Å². The van der Waals surface area contributed by atoms with Crippen molar-refractivity contribution in [2.24, 2.45) is 0 Å². The molecule has 0 amide bonds. The maximum atomic E-state index is 11.7. The van der Waals surface area contributed by atoms with Crippen molar-refractivity contribution in [3.63, 3.8) is 0 Å². The van der Waals surface area contributed by atoms with Gasteiger partial charge in [-0.15, -0.1) is 0 Å². The summed E-state index contributed by atoms with van der Waals surface area (Å²) in [5.74, 6) is 0. The Hall–Kier alpha value is -1.83. The van der Waals surface area contributed by atoms with Crippen LogP contribution in [0.2, 0.25) is 0 Å². The average molecular weight is 227 g/mol. The minimum absolute atomic E-state index is 0.0511. The van der Waals surface area contributed by atoms with Crippen molar-refractivity contribution in [3.8, 4) is 0 Å². The highest BCUT2D eigenvalue weighted by atomic mass is 16.1. The number of nitrogens with zero attached hydrogens (tertiary/aromatic N) is 1. The smallest absolute Gasteiger partial charge is 0.250 e. The van der Waals surface area contributed by atoms with Crippen molar-refractivity contribution in [1.82, 2.24) is 4.57 Å². The summed E-state index contributed by atoms with van der Waals surface area (Å²) < 4.78 is 1.75. The highest BCUT2D eigenvalue weighted by molar-refractivity contribution is 5.23. The van der Waals surface area contributed by atoms with E-state index in [0.29, 0.717) is 6.54 Å². The fourth-order valence-electron chi connectivity index (χ4n) is 1.85. The van der Waals surface area contributed by atoms with Crippen LogP contribution in [-0.4, -0.2) is 4.57 Å². The van der Waals surface area contributed by atoms with Crippen molar-refractivity contribution in [2.75, 3.05) is 0 Å². The molecule has 2 heteroatoms. The van der Waals surface area contributed by atoms with Gasteiger partial charge in [0, 0.05) is 12.3 Å². The van der Waals surface area contributed by atoms with Gasteiger partial charge in [-0.2, -0.15) is 0 Å². The molecule has 0 spiro atoms. The van der Waals surface area contributed by atoms with E-state index >= 15 is 0 Å². The van der Waals surface area contributed by atoms with E-state index in [-0.39, 0.29) is 5.56 Å². The summed E-state index contributed by atoms with van der Waals surface area (Å²) in [5, 5.41) is 0. The zero-order valence-corrected chi connectivity index (χ0v) is 10.3. The summed E-state index contributed by atoms with van der Waals surface area (Å²) in [6.07, 6.45) is 2.95. The first-order valence-electron chi connectivity index (χ1n) is 5.94. The maximum absolute atomic E-state index is 11.7. The summed E-state index contributed by atoms with van der Waals surface area (Å²) in [7, 11) is 0. The van der Waals surface area contributed by atoms with Gasteiger partial charge in [0.25, 0.3) is 5.56 Å². The maximum Gasteiger partial charge on any atom is 0.250 e. The first-order chi connectivity index (χ1) is 8.19. The zero-order valence-electron chi connectivity index (χ0n) is 10.3. The van der Waals surface area contributed by atoms with Gasteiger partial charge in [0.15, 0.2) is 0 Å². The Labute approximate surface area is 102 Å². The van der Waals surface area contributed by atoms with E-state index in [9.17, 15) is 4.79 Å². The average Bonchev–Trinajstić information content (AvgIpc) is 2.35. The van der Waals surface area contributed by atoms with Crippen LogP contribution in [0.25, 0.3) is 0 Å². The van der Waals surface area contributed by atoms with E-state index in [1.54, 1.807) is 10.6 Å². The lowest BCUT2D eigenvalue weighted by atomic mass is 10.1. The van der Waals surface area contributed by atoms with Gasteiger partial charge in [0.1, 0.15) is 0 Å². The van der Waals surface area contributed by atoms with Gasteiger partial charge in [-0.25, -0.2) is 0 Å². The molecule has 0 radical (unpaired) electrons. The van der Waals surface area contributed by atoms with E-state index < -0.39 is 0 Å². The standard InChI is InChI=1S/C15H17NO/c1-3-13-5-7-14(8-6-13)11-16-10-12(2)4-9-15(16)17/h4-10H,3,11H2,1-2H3. The molecule has 2 rings (SSSR count). The minimum Gasteiger partial charge on any atom is -0.311 e. The fourth-order valence-corrected chi connectivity index (χ4v) is 1.85. The number of aryl methyl sites for hydroxylation is 2. The molecule has 1 aromatic carbocycles. The molecule has 2 nitrogen and oxygen atoms in total. The second-order valence-corrected chi connectivity index (χ2v) is 4.34. The van der Waals surface area contributed by atoms with E-state index in [2.05, 4.69) is 31.2 Å². The van der Waals surface area contributed by atoms with Gasteiger partial charge in [-0.05, 0) is 30.0 Å². The molecule has 0 unspecified atom stereocenters. The first kappa shape index (κ1) is 11.6. The molecule has 0 fully saturated rings. The van der Waals surface area contributed by atoms with Crippen molar-refractivity contribution >= 4 is 0 Å². The van der Waals surface area contributed by atoms with Crippen molar-refractivity contribution in [3.05, 3.63) is 69.6 Å². The topological polar surface area (TPSA) is 22.0 Å². The molecule has 0 atom stereocenters. The normalized spacial score (nSPS) is 10.5. The van der Waals surface area contributed by atoms with Gasteiger partial charge in [-0.3, -0.25) is 4.79 Å². The largest absolute Gasteiger partial charge is 0.311 e. The minimum atomic E-state index is 0.0511. The third-order valence-electron chi connectivity index (χ3n) is 2.92. The van der Waals surface area contributed by atoms with Gasteiger partial charge in [-0.1, -0.05) is 37.3 Å². The summed E-state index contributed by atoms with van der Waals surface area (Å²) in [4.78, 5) is 11.7. The zero-order chi connectivity index (χ0) is 12.3. The Morgan fingerprint density at radius 2 is 1.65 bits per heavy atom. The van der Waals surface area contributed by atoms with Crippen molar-refractivity contribution < 1.29 is 0 Å². The quantitative estimate of drug-likeness (QED) is 0.790. The van der Waals surface area contributed by atoms with Crippen LogP contribution >= 0.6 is 0 Å². The third kappa shape index (κ3) is 2.84. The SMILES string of the molecule is CCc1ccc(Cn2cc(C)ccc2=O)cc1. The molecular formula is C15H17NO. The van der Waals surface area contributed by atoms with Gasteiger partial charge in [0.05, 0.1) is 6.54 Å². The van der Waals surface area contributed by atoms with Gasteiger partial charge < -0.3 is 4.57 Å². The second kappa shape index (κ2) is 5.00. The Kier molecular flexibility index (Phi) is 3.43. The summed E-state index contributed by atoms with van der Waals surface area (Å²) in [5.41, 5.74) is 3.64. The first-order valence-corrected chi connectivity index (χ1v) is 5.94. The van der Waals surface area contributed by atoms with E-state index in [1.165, 1.54) is 5.56 Å². The van der Waals surface area contributed by atoms with Crippen LogP contribution in [0.4, 0.5) is 0 Å². The molecule has 0 saturated heterocycles. The molecule has 1 heterocycles. The van der Waals surface area contributed by atoms with Crippen LogP contribution in [0.5, 0.6) is 0 Å². The second-order valence-electron chi connectivity index (χ2n) is 4.34. The summed E-state index contributed by atoms with van der Waals surface area (Å²) in [6, 6.07) is 11.9. The van der Waals surface area contributed by atoms with Gasteiger partial charge >= 0.3 is 0 Å². The number of hydrogen-bond donors (Lipinski definition) is 0. The molecular weight excluding hydrogens is 210 g/mol. The molecule has 88 valence electrons. The predicted molar refractivity (Wildman–Crippen MR) is 70.4 cm³/mol. The van der Waals surface area contributed by atoms with Crippen LogP contribution < -0.4 is 5.56 Å². The molecule has 0 aliphatic heterocycles. The highest BCUT2D eigenvalue weighted by Crippen LogP contribution is 2.06. The number of aromatic nitrogens is 1. The van der Waals surface area contributed by atoms with Crippen LogP contribution in [0.3, 0.4) is 0 Å². The number of rotatable bonds is 3. The molecule has 1 aromatic heterocycles. The van der Waals surface area contributed by atoms with Crippen LogP contribution in [-0.2, 0) is 13.0 Å². The fraction of sp³-hybridized carbons (Fsp3) is 0.267. The van der Waals surface area contributed by atoms with Gasteiger partial charge in [0.2, 0.25) is 0 Å². The van der Waals surface area contributed by atoms with Crippen LogP contribution in [0.15, 0.2) is 47.4 Å². The monoisotopic (exact) mass is 227 g/mol. The molecule has 0 aliphatic carbocycles. The lowest BCUT2D eigenvalue weighted by molar-refractivity contribution is 0.754. The number of benzene rings is 1. The molecule has 0 N–H and O–H groups in total. The number of pyridine rings is 1. The number of hydrogen-bond acceptors (Lipinski definition) is 1. The summed E-state index contributed by atoms with van der Waals surface area (Å²) >= 11 is 0. The van der Waals surface area contributed by atoms with E-state index in [1.807, 2.05) is 19.2 Å². The highest BCUT2D eigenvalue weighted by Gasteiger charge is 1.98. The molecule has 0 saturated carbocycles. The predicted octanol–water partition coefficient (Wildman–Crippen LogP) is 2.77. The molecule has 17 heavy (non-hydrogen) atoms. The molecule has 2 aromatic rings. The lowest BCUT2D eigenvalue weighted by Gasteiger charge is -2.07. The molecule has 0 bridgehead atoms. The Bertz CT molecular complexity index is 552. The van der Waals surface area contributed by atoms with Crippen molar-refractivity contribution in [2.45, 2.75) is 26.8 Å². The third-order valence-corrected chi connectivity index (χ3v) is 2.92. The van der Waals surface area contributed by atoms with E-state index in [0.717, 1.165) is 17.5 Å². The Morgan fingerprint density at radius 1 is 1.00 bits per heavy atom. The Balaban J connectivity index is 2.25. The van der Waals surface area contributed by atoms with Crippen molar-refractivity contribution in [1.29, 1.82) is 0 Å². The van der Waals surface area contributed by atoms with Crippen LogP contribution in [0, 0.1) is 6.92 Å². The van der Waals surface area contributed by atoms with Crippen LogP contribution in [0.1, 0.15) is 23.6 Å². The Morgan fingerprint density at radius 3 is 2.29 bits per heavy atom. The lowest BCUT2D eigenvalue weighted by Crippen LogP contribution is -2.19. The summed E-state index contributed by atoms with van der Waals surface area (Å²) in [6.45, 7) is 4.78.